The van der Waals surface area contributed by atoms with Crippen molar-refractivity contribution in [2.75, 3.05) is 0 Å². The highest BCUT2D eigenvalue weighted by molar-refractivity contribution is 5.36. The van der Waals surface area contributed by atoms with E-state index in [1.54, 1.807) is 6.07 Å². The predicted molar refractivity (Wildman–Crippen MR) is 43.2 cm³/mol. The monoisotopic (exact) mass is 211 g/mol. The summed E-state index contributed by atoms with van der Waals surface area (Å²) in [5.74, 6) is -1.22. The lowest BCUT2D eigenvalue weighted by Gasteiger charge is -2.06. The molecule has 1 rings (SSSR count). The van der Waals surface area contributed by atoms with E-state index >= 15 is 0 Å². The minimum Gasteiger partial charge on any atom is -0.245 e. The summed E-state index contributed by atoms with van der Waals surface area (Å²) >= 11 is 0. The summed E-state index contributed by atoms with van der Waals surface area (Å²) < 4.78 is 38.1. The van der Waals surface area contributed by atoms with Crippen LogP contribution in [0.5, 0.6) is 0 Å². The van der Waals surface area contributed by atoms with E-state index in [4.69, 9.17) is 10.5 Å². The molecule has 0 N–H and O–H groups in total. The maximum absolute atomic E-state index is 13.3. The van der Waals surface area contributed by atoms with Crippen LogP contribution in [0.2, 0.25) is 0 Å². The topological polar surface area (TPSA) is 60.5 Å². The number of rotatable bonds is 2. The number of alkyl halides is 2. The van der Waals surface area contributed by atoms with E-state index in [9.17, 15) is 13.2 Å². The Labute approximate surface area is 83.4 Å². The molecule has 0 unspecified atom stereocenters. The van der Waals surface area contributed by atoms with Crippen LogP contribution in [0.3, 0.4) is 0 Å². The predicted octanol–water partition coefficient (Wildman–Crippen LogP) is 2.10. The lowest BCUT2D eigenvalue weighted by atomic mass is 10.1. The zero-order valence-electron chi connectivity index (χ0n) is 7.34. The van der Waals surface area contributed by atoms with Gasteiger partial charge < -0.3 is 0 Å². The summed E-state index contributed by atoms with van der Waals surface area (Å²) in [5.41, 5.74) is -1.92. The fraction of sp³-hybridized carbons (Fsp3) is 0.222. The van der Waals surface area contributed by atoms with Crippen molar-refractivity contribution in [2.24, 2.45) is 0 Å². The maximum atomic E-state index is 13.3. The van der Waals surface area contributed by atoms with E-state index < -0.39 is 23.5 Å². The van der Waals surface area contributed by atoms with E-state index in [-0.39, 0.29) is 12.0 Å². The zero-order valence-corrected chi connectivity index (χ0v) is 7.34. The molecule has 1 heterocycles. The largest absolute Gasteiger partial charge is 0.269 e. The minimum atomic E-state index is -3.12. The standard InChI is InChI=1S/C9H4F3N3/c10-8-5(1-2-13)4-15-6(3-14)7(8)9(11)12/h4,9H,1H2. The van der Waals surface area contributed by atoms with Crippen molar-refractivity contribution in [1.29, 1.82) is 10.5 Å². The molecule has 0 atom stereocenters. The number of aromatic nitrogens is 1. The van der Waals surface area contributed by atoms with E-state index in [0.29, 0.717) is 0 Å². The van der Waals surface area contributed by atoms with Gasteiger partial charge in [0.1, 0.15) is 11.9 Å². The van der Waals surface area contributed by atoms with Crippen molar-refractivity contribution in [3.63, 3.8) is 0 Å². The molecule has 1 aromatic heterocycles. The van der Waals surface area contributed by atoms with Crippen LogP contribution in [0, 0.1) is 28.5 Å². The van der Waals surface area contributed by atoms with Crippen molar-refractivity contribution in [2.45, 2.75) is 12.8 Å². The third-order valence-corrected chi connectivity index (χ3v) is 1.72. The summed E-state index contributed by atoms with van der Waals surface area (Å²) in [6, 6.07) is 2.99. The SMILES string of the molecule is N#CCc1cnc(C#N)c(C(F)F)c1F. The molecule has 0 saturated carbocycles. The van der Waals surface area contributed by atoms with Gasteiger partial charge in [-0.2, -0.15) is 10.5 Å². The molecule has 6 heteroatoms. The Kier molecular flexibility index (Phi) is 3.25. The minimum absolute atomic E-state index is 0.230. The second-order valence-electron chi connectivity index (χ2n) is 2.61. The number of pyridine rings is 1. The lowest BCUT2D eigenvalue weighted by molar-refractivity contribution is 0.145. The van der Waals surface area contributed by atoms with Gasteiger partial charge in [-0.25, -0.2) is 18.2 Å². The highest BCUT2D eigenvalue weighted by Crippen LogP contribution is 2.26. The van der Waals surface area contributed by atoms with Crippen LogP contribution in [-0.4, -0.2) is 4.98 Å². The molecular formula is C9H4F3N3. The van der Waals surface area contributed by atoms with Gasteiger partial charge in [-0.3, -0.25) is 0 Å². The van der Waals surface area contributed by atoms with E-state index in [2.05, 4.69) is 4.98 Å². The summed E-state index contributed by atoms with van der Waals surface area (Å²) in [6.07, 6.45) is -2.56. The Bertz CT molecular complexity index is 457. The Balaban J connectivity index is 3.39. The van der Waals surface area contributed by atoms with Crippen molar-refractivity contribution in [3.8, 4) is 12.1 Å². The average molecular weight is 211 g/mol. The number of hydrogen-bond acceptors (Lipinski definition) is 3. The van der Waals surface area contributed by atoms with Crippen LogP contribution in [-0.2, 0) is 6.42 Å². The van der Waals surface area contributed by atoms with Crippen molar-refractivity contribution in [3.05, 3.63) is 28.8 Å². The molecule has 3 nitrogen and oxygen atoms in total. The van der Waals surface area contributed by atoms with Crippen molar-refractivity contribution in [1.82, 2.24) is 4.98 Å². The maximum Gasteiger partial charge on any atom is 0.269 e. The third-order valence-electron chi connectivity index (χ3n) is 1.72. The van der Waals surface area contributed by atoms with Gasteiger partial charge in [0, 0.05) is 11.8 Å². The van der Waals surface area contributed by atoms with Crippen LogP contribution in [0.4, 0.5) is 13.2 Å². The van der Waals surface area contributed by atoms with Crippen LogP contribution in [0.15, 0.2) is 6.20 Å². The van der Waals surface area contributed by atoms with E-state index in [0.717, 1.165) is 6.20 Å². The number of hydrogen-bond donors (Lipinski definition) is 0. The first-order chi connectivity index (χ1) is 7.11. The van der Waals surface area contributed by atoms with Gasteiger partial charge in [-0.1, -0.05) is 0 Å². The van der Waals surface area contributed by atoms with E-state index in [1.165, 1.54) is 6.07 Å². The first-order valence-electron chi connectivity index (χ1n) is 3.84. The molecule has 0 saturated heterocycles. The van der Waals surface area contributed by atoms with Crippen LogP contribution < -0.4 is 0 Å². The molecule has 0 aliphatic carbocycles. The second-order valence-corrected chi connectivity index (χ2v) is 2.61. The zero-order chi connectivity index (χ0) is 11.4. The van der Waals surface area contributed by atoms with Gasteiger partial charge in [0.05, 0.1) is 18.1 Å². The molecule has 76 valence electrons. The summed E-state index contributed by atoms with van der Waals surface area (Å²) in [4.78, 5) is 3.37. The van der Waals surface area contributed by atoms with Gasteiger partial charge in [-0.05, 0) is 0 Å². The first kappa shape index (κ1) is 11.0. The smallest absolute Gasteiger partial charge is 0.245 e. The Morgan fingerprint density at radius 3 is 2.53 bits per heavy atom. The van der Waals surface area contributed by atoms with Crippen molar-refractivity contribution < 1.29 is 13.2 Å². The van der Waals surface area contributed by atoms with Gasteiger partial charge in [0.25, 0.3) is 6.43 Å². The molecule has 0 aromatic carbocycles. The summed E-state index contributed by atoms with van der Waals surface area (Å²) in [7, 11) is 0. The Morgan fingerprint density at radius 2 is 2.07 bits per heavy atom. The first-order valence-corrected chi connectivity index (χ1v) is 3.84. The second kappa shape index (κ2) is 4.43. The Hall–Kier alpha value is -2.08. The number of nitrogens with zero attached hydrogens (tertiary/aromatic N) is 3. The van der Waals surface area contributed by atoms with Gasteiger partial charge in [-0.15, -0.1) is 0 Å². The fourth-order valence-electron chi connectivity index (χ4n) is 1.04. The molecule has 1 aromatic rings. The quantitative estimate of drug-likeness (QED) is 0.752. The number of halogens is 3. The highest BCUT2D eigenvalue weighted by atomic mass is 19.3. The summed E-state index contributed by atoms with van der Waals surface area (Å²) in [5, 5.41) is 16.7. The normalized spacial score (nSPS) is 9.73. The van der Waals surface area contributed by atoms with Crippen LogP contribution >= 0.6 is 0 Å². The molecule has 0 bridgehead atoms. The molecular weight excluding hydrogens is 207 g/mol. The van der Waals surface area contributed by atoms with Crippen LogP contribution in [0.1, 0.15) is 23.2 Å². The van der Waals surface area contributed by atoms with E-state index in [1.807, 2.05) is 0 Å². The molecule has 0 fully saturated rings. The molecule has 0 aliphatic rings. The third kappa shape index (κ3) is 2.05. The van der Waals surface area contributed by atoms with Gasteiger partial charge >= 0.3 is 0 Å². The summed E-state index contributed by atoms with van der Waals surface area (Å²) in [6.45, 7) is 0. The number of nitriles is 2. The van der Waals surface area contributed by atoms with Crippen molar-refractivity contribution >= 4 is 0 Å². The molecule has 0 aliphatic heterocycles. The van der Waals surface area contributed by atoms with Gasteiger partial charge in [0.15, 0.2) is 5.69 Å². The Morgan fingerprint density at radius 1 is 1.40 bits per heavy atom. The average Bonchev–Trinajstić information content (AvgIpc) is 2.20. The molecule has 15 heavy (non-hydrogen) atoms. The fourth-order valence-corrected chi connectivity index (χ4v) is 1.04. The molecule has 0 amide bonds. The lowest BCUT2D eigenvalue weighted by Crippen LogP contribution is -2.03. The van der Waals surface area contributed by atoms with Gasteiger partial charge in [0.2, 0.25) is 0 Å². The highest BCUT2D eigenvalue weighted by Gasteiger charge is 2.22. The van der Waals surface area contributed by atoms with Crippen LogP contribution in [0.25, 0.3) is 0 Å². The molecule has 0 spiro atoms. The molecule has 0 radical (unpaired) electrons.